The number of fused-ring (bicyclic) bond motifs is 7. The highest BCUT2D eigenvalue weighted by molar-refractivity contribution is 6.16. The number of para-hydroxylation sites is 2. The molecule has 0 aliphatic carbocycles. The Morgan fingerprint density at radius 2 is 1.10 bits per heavy atom. The number of furan rings is 1. The van der Waals surface area contributed by atoms with Crippen LogP contribution in [0.5, 0.6) is 0 Å². The second-order valence-corrected chi connectivity index (χ2v) is 16.1. The molecule has 63 heavy (non-hydrogen) atoms. The molecule has 0 amide bonds. The Hall–Kier alpha value is -8.41. The van der Waals surface area contributed by atoms with Crippen LogP contribution in [0.1, 0.15) is 16.7 Å². The summed E-state index contributed by atoms with van der Waals surface area (Å²) in [5, 5.41) is 6.73. The van der Waals surface area contributed by atoms with Crippen LogP contribution in [-0.2, 0) is 0 Å². The van der Waals surface area contributed by atoms with E-state index in [1.807, 2.05) is 36.4 Å². The molecule has 0 unspecified atom stereocenters. The Labute approximate surface area is 363 Å². The van der Waals surface area contributed by atoms with Gasteiger partial charge >= 0.3 is 0 Å². The van der Waals surface area contributed by atoms with Gasteiger partial charge in [0.2, 0.25) is 0 Å². The quantitative estimate of drug-likeness (QED) is 0.161. The number of rotatable bonds is 7. The lowest BCUT2D eigenvalue weighted by atomic mass is 9.89. The van der Waals surface area contributed by atoms with Crippen molar-refractivity contribution in [3.8, 4) is 51.0 Å². The van der Waals surface area contributed by atoms with E-state index in [0.717, 1.165) is 88.7 Å². The van der Waals surface area contributed by atoms with E-state index in [1.54, 1.807) is 0 Å². The molecule has 3 aromatic heterocycles. The van der Waals surface area contributed by atoms with Gasteiger partial charge in [0.25, 0.3) is 0 Å². The third-order valence-electron chi connectivity index (χ3n) is 12.3. The molecule has 12 aromatic rings. The average Bonchev–Trinajstić information content (AvgIpc) is 3.88. The van der Waals surface area contributed by atoms with E-state index in [4.69, 9.17) is 19.4 Å². The molecular formula is C58H38N4O. The van der Waals surface area contributed by atoms with Crippen LogP contribution in [0.25, 0.3) is 111 Å². The van der Waals surface area contributed by atoms with Crippen molar-refractivity contribution in [3.05, 3.63) is 223 Å². The van der Waals surface area contributed by atoms with Crippen LogP contribution in [0, 0.1) is 6.92 Å². The van der Waals surface area contributed by atoms with Gasteiger partial charge in [-0.15, -0.1) is 0 Å². The fourth-order valence-electron chi connectivity index (χ4n) is 9.20. The van der Waals surface area contributed by atoms with E-state index in [-0.39, 0.29) is 0 Å². The van der Waals surface area contributed by atoms with E-state index in [9.17, 15) is 0 Å². The summed E-state index contributed by atoms with van der Waals surface area (Å²) < 4.78 is 9.16. The Balaban J connectivity index is 1.10. The Morgan fingerprint density at radius 1 is 0.460 bits per heavy atom. The molecule has 0 atom stereocenters. The van der Waals surface area contributed by atoms with Crippen molar-refractivity contribution in [2.45, 2.75) is 6.92 Å². The summed E-state index contributed by atoms with van der Waals surface area (Å²) in [6, 6.07) is 69.9. The molecule has 0 N–H and O–H groups in total. The van der Waals surface area contributed by atoms with E-state index in [2.05, 4.69) is 182 Å². The van der Waals surface area contributed by atoms with Gasteiger partial charge in [0.15, 0.2) is 23.1 Å². The molecular weight excluding hydrogens is 769 g/mol. The van der Waals surface area contributed by atoms with Crippen LogP contribution in [-0.4, -0.2) is 19.5 Å². The van der Waals surface area contributed by atoms with Gasteiger partial charge in [0.05, 0.1) is 16.7 Å². The number of hydrogen-bond donors (Lipinski definition) is 0. The van der Waals surface area contributed by atoms with E-state index in [1.165, 1.54) is 21.5 Å². The molecule has 5 heteroatoms. The maximum Gasteiger partial charge on any atom is 0.164 e. The Morgan fingerprint density at radius 3 is 1.90 bits per heavy atom. The number of benzene rings is 9. The van der Waals surface area contributed by atoms with Crippen molar-refractivity contribution in [1.82, 2.24) is 19.5 Å². The lowest BCUT2D eigenvalue weighted by Gasteiger charge is -2.16. The molecule has 0 bridgehead atoms. The zero-order valence-corrected chi connectivity index (χ0v) is 34.5. The van der Waals surface area contributed by atoms with Crippen molar-refractivity contribution in [2.75, 3.05) is 0 Å². The molecule has 12 rings (SSSR count). The second-order valence-electron chi connectivity index (χ2n) is 16.1. The minimum atomic E-state index is 0.568. The van der Waals surface area contributed by atoms with Crippen molar-refractivity contribution in [2.24, 2.45) is 0 Å². The van der Waals surface area contributed by atoms with Gasteiger partial charge in [-0.2, -0.15) is 0 Å². The average molecular weight is 807 g/mol. The Kier molecular flexibility index (Phi) is 8.47. The summed E-state index contributed by atoms with van der Waals surface area (Å²) in [5.41, 5.74) is 13.8. The smallest absolute Gasteiger partial charge is 0.164 e. The summed E-state index contributed by atoms with van der Waals surface area (Å²) in [6.45, 7) is 6.70. The summed E-state index contributed by atoms with van der Waals surface area (Å²) in [4.78, 5) is 15.8. The summed E-state index contributed by atoms with van der Waals surface area (Å²) in [6.07, 6.45) is 0. The monoisotopic (exact) mass is 806 g/mol. The molecule has 5 nitrogen and oxygen atoms in total. The first-order valence-electron chi connectivity index (χ1n) is 21.2. The van der Waals surface area contributed by atoms with Crippen LogP contribution in [0.2, 0.25) is 0 Å². The zero-order valence-electron chi connectivity index (χ0n) is 34.5. The van der Waals surface area contributed by atoms with Gasteiger partial charge < -0.3 is 8.98 Å². The molecule has 3 heterocycles. The predicted molar refractivity (Wildman–Crippen MR) is 260 cm³/mol. The number of hydrogen-bond acceptors (Lipinski definition) is 4. The fraction of sp³-hybridized carbons (Fsp3) is 0.0172. The normalized spacial score (nSPS) is 11.6. The maximum atomic E-state index is 6.81. The van der Waals surface area contributed by atoms with Gasteiger partial charge in [-0.3, -0.25) is 0 Å². The fourth-order valence-corrected chi connectivity index (χ4v) is 9.20. The lowest BCUT2D eigenvalue weighted by molar-refractivity contribution is 0.666. The summed E-state index contributed by atoms with van der Waals surface area (Å²) >= 11 is 0. The Bertz CT molecular complexity index is 3770. The van der Waals surface area contributed by atoms with E-state index >= 15 is 0 Å². The SMILES string of the molecule is C=C(c1ccccc1)c1ccccc1-c1cc(-c2nc(-c3ccccc3)nc(-c3cc(-n4c5ccccc5c5cc6ccccc6cc54)c4oc5ccccc5c4c3)n2)ccc1C. The topological polar surface area (TPSA) is 56.7 Å². The standard InChI is InChI=1S/C58H38N4O/c1-36-29-30-42(32-48(36)45-24-12-11-23-44(45)37(2)38-17-5-3-6-18-38)57-59-56(39-19-7-4-8-20-39)60-58(61-57)43-33-50-47-26-14-16-28-54(47)63-55(50)53(35-43)62-51-27-15-13-25-46(51)49-31-40-21-9-10-22-41(40)34-52(49)62/h3-35H,2H2,1H3. The van der Waals surface area contributed by atoms with E-state index < -0.39 is 0 Å². The largest absolute Gasteiger partial charge is 0.454 e. The highest BCUT2D eigenvalue weighted by Crippen LogP contribution is 2.42. The lowest BCUT2D eigenvalue weighted by Crippen LogP contribution is -2.02. The highest BCUT2D eigenvalue weighted by Gasteiger charge is 2.22. The van der Waals surface area contributed by atoms with Crippen LogP contribution in [0.15, 0.2) is 211 Å². The number of aromatic nitrogens is 4. The van der Waals surface area contributed by atoms with Gasteiger partial charge in [0, 0.05) is 38.2 Å². The molecule has 0 saturated carbocycles. The van der Waals surface area contributed by atoms with Crippen LogP contribution >= 0.6 is 0 Å². The number of aryl methyl sites for hydroxylation is 1. The van der Waals surface area contributed by atoms with Gasteiger partial charge in [-0.1, -0.05) is 164 Å². The van der Waals surface area contributed by atoms with Gasteiger partial charge in [-0.05, 0) is 93.6 Å². The van der Waals surface area contributed by atoms with Crippen molar-refractivity contribution >= 4 is 60.1 Å². The molecule has 0 aliphatic heterocycles. The van der Waals surface area contributed by atoms with Crippen LogP contribution in [0.4, 0.5) is 0 Å². The molecule has 0 radical (unpaired) electrons. The predicted octanol–water partition coefficient (Wildman–Crippen LogP) is 15.1. The molecule has 0 fully saturated rings. The first kappa shape index (κ1) is 36.4. The zero-order chi connectivity index (χ0) is 42.0. The molecule has 9 aromatic carbocycles. The van der Waals surface area contributed by atoms with Gasteiger partial charge in [-0.25, -0.2) is 15.0 Å². The maximum absolute atomic E-state index is 6.81. The summed E-state index contributed by atoms with van der Waals surface area (Å²) in [5.74, 6) is 1.75. The van der Waals surface area contributed by atoms with E-state index in [0.29, 0.717) is 17.5 Å². The minimum Gasteiger partial charge on any atom is -0.454 e. The van der Waals surface area contributed by atoms with Crippen LogP contribution in [0.3, 0.4) is 0 Å². The molecule has 0 saturated heterocycles. The van der Waals surface area contributed by atoms with Crippen molar-refractivity contribution < 1.29 is 4.42 Å². The minimum absolute atomic E-state index is 0.568. The third kappa shape index (κ3) is 6.13. The first-order valence-corrected chi connectivity index (χ1v) is 21.2. The van der Waals surface area contributed by atoms with Crippen LogP contribution < -0.4 is 0 Å². The van der Waals surface area contributed by atoms with Crippen molar-refractivity contribution in [3.63, 3.8) is 0 Å². The molecule has 0 aliphatic rings. The van der Waals surface area contributed by atoms with Crippen molar-refractivity contribution in [1.29, 1.82) is 0 Å². The molecule has 296 valence electrons. The summed E-state index contributed by atoms with van der Waals surface area (Å²) in [7, 11) is 0. The molecule has 0 spiro atoms. The first-order chi connectivity index (χ1) is 31.1. The number of nitrogens with zero attached hydrogens (tertiary/aromatic N) is 4. The third-order valence-corrected chi connectivity index (χ3v) is 12.3. The highest BCUT2D eigenvalue weighted by atomic mass is 16.3. The second kappa shape index (κ2) is 14.6. The van der Waals surface area contributed by atoms with Gasteiger partial charge in [0.1, 0.15) is 5.58 Å².